The van der Waals surface area contributed by atoms with Crippen molar-refractivity contribution in [2.24, 2.45) is 5.41 Å². The van der Waals surface area contributed by atoms with E-state index in [9.17, 15) is 9.00 Å². The fourth-order valence-corrected chi connectivity index (χ4v) is 3.48. The summed E-state index contributed by atoms with van der Waals surface area (Å²) in [6, 6.07) is 0. The zero-order valence-electron chi connectivity index (χ0n) is 9.58. The van der Waals surface area contributed by atoms with E-state index >= 15 is 0 Å². The summed E-state index contributed by atoms with van der Waals surface area (Å²) in [4.78, 5) is 11.1. The van der Waals surface area contributed by atoms with Gasteiger partial charge in [0.2, 0.25) is 0 Å². The second-order valence-corrected chi connectivity index (χ2v) is 5.97. The molecule has 0 N–H and O–H groups in total. The molecule has 1 unspecified atom stereocenters. The minimum atomic E-state index is -0.753. The maximum Gasteiger partial charge on any atom is 0.306 e. The van der Waals surface area contributed by atoms with Crippen molar-refractivity contribution in [1.29, 1.82) is 0 Å². The van der Waals surface area contributed by atoms with E-state index in [1.807, 2.05) is 0 Å². The van der Waals surface area contributed by atoms with Crippen LogP contribution >= 0.6 is 0 Å². The largest absolute Gasteiger partial charge is 0.469 e. The van der Waals surface area contributed by atoms with Gasteiger partial charge in [-0.3, -0.25) is 9.00 Å². The van der Waals surface area contributed by atoms with Crippen LogP contribution in [0.5, 0.6) is 0 Å². The molecule has 0 radical (unpaired) electrons. The third-order valence-corrected chi connectivity index (χ3v) is 4.58. The van der Waals surface area contributed by atoms with E-state index in [0.29, 0.717) is 12.2 Å². The summed E-state index contributed by atoms with van der Waals surface area (Å²) in [5.41, 5.74) is 0.0195. The number of unbranched alkanes of at least 4 members (excludes halogenated alkanes) is 1. The molecule has 0 saturated heterocycles. The lowest BCUT2D eigenvalue weighted by molar-refractivity contribution is -0.141. The molecule has 1 fully saturated rings. The molecule has 1 aliphatic carbocycles. The highest BCUT2D eigenvalue weighted by Crippen LogP contribution is 2.49. The summed E-state index contributed by atoms with van der Waals surface area (Å²) >= 11 is 0. The van der Waals surface area contributed by atoms with Crippen LogP contribution in [0.15, 0.2) is 0 Å². The van der Waals surface area contributed by atoms with Crippen LogP contribution in [-0.2, 0) is 20.3 Å². The first-order valence-electron chi connectivity index (χ1n) is 5.54. The van der Waals surface area contributed by atoms with E-state index in [-0.39, 0.29) is 11.4 Å². The molecule has 0 amide bonds. The Hall–Kier alpha value is -0.380. The topological polar surface area (TPSA) is 43.4 Å². The van der Waals surface area contributed by atoms with Gasteiger partial charge in [0.25, 0.3) is 0 Å². The Bertz CT molecular complexity index is 246. The summed E-state index contributed by atoms with van der Waals surface area (Å²) in [7, 11) is 0.656. The number of methoxy groups -OCH3 is 1. The van der Waals surface area contributed by atoms with Crippen LogP contribution in [0.4, 0.5) is 0 Å². The van der Waals surface area contributed by atoms with Gasteiger partial charge in [0, 0.05) is 22.3 Å². The lowest BCUT2D eigenvalue weighted by atomic mass is 10.1. The molecule has 3 nitrogen and oxygen atoms in total. The SMILES string of the molecule is CCCCS(=O)CC1(CC(=O)OC)CC1. The van der Waals surface area contributed by atoms with Gasteiger partial charge >= 0.3 is 5.97 Å². The van der Waals surface area contributed by atoms with Crippen molar-refractivity contribution in [3.63, 3.8) is 0 Å². The Balaban J connectivity index is 2.30. The number of rotatable bonds is 7. The maximum absolute atomic E-state index is 11.7. The third kappa shape index (κ3) is 4.33. The van der Waals surface area contributed by atoms with Crippen molar-refractivity contribution in [1.82, 2.24) is 0 Å². The van der Waals surface area contributed by atoms with Gasteiger partial charge in [-0.2, -0.15) is 0 Å². The fraction of sp³-hybridized carbons (Fsp3) is 0.909. The molecule has 15 heavy (non-hydrogen) atoms. The van der Waals surface area contributed by atoms with Gasteiger partial charge in [-0.05, 0) is 24.7 Å². The quantitative estimate of drug-likeness (QED) is 0.629. The lowest BCUT2D eigenvalue weighted by Gasteiger charge is -2.12. The molecule has 1 saturated carbocycles. The summed E-state index contributed by atoms with van der Waals surface area (Å²) in [5, 5.41) is 0. The highest BCUT2D eigenvalue weighted by atomic mass is 32.2. The lowest BCUT2D eigenvalue weighted by Crippen LogP contribution is -2.19. The molecule has 0 aromatic heterocycles. The van der Waals surface area contributed by atoms with Gasteiger partial charge in [-0.15, -0.1) is 0 Å². The van der Waals surface area contributed by atoms with Crippen molar-refractivity contribution in [3.8, 4) is 0 Å². The fourth-order valence-electron chi connectivity index (χ4n) is 1.65. The van der Waals surface area contributed by atoms with Crippen molar-refractivity contribution in [2.45, 2.75) is 39.0 Å². The van der Waals surface area contributed by atoms with Crippen LogP contribution in [0.1, 0.15) is 39.0 Å². The van der Waals surface area contributed by atoms with Crippen molar-refractivity contribution in [3.05, 3.63) is 0 Å². The van der Waals surface area contributed by atoms with Gasteiger partial charge in [-0.25, -0.2) is 0 Å². The van der Waals surface area contributed by atoms with Gasteiger partial charge in [0.05, 0.1) is 13.5 Å². The smallest absolute Gasteiger partial charge is 0.306 e. The number of carbonyl (C=O) groups is 1. The van der Waals surface area contributed by atoms with Crippen LogP contribution < -0.4 is 0 Å². The number of hydrogen-bond acceptors (Lipinski definition) is 3. The first-order valence-corrected chi connectivity index (χ1v) is 7.02. The second kappa shape index (κ2) is 5.64. The number of ether oxygens (including phenoxy) is 1. The molecule has 0 aromatic carbocycles. The molecule has 1 atom stereocenters. The van der Waals surface area contributed by atoms with E-state index in [1.54, 1.807) is 0 Å². The Morgan fingerprint density at radius 2 is 2.13 bits per heavy atom. The number of hydrogen-bond donors (Lipinski definition) is 0. The third-order valence-electron chi connectivity index (χ3n) is 2.90. The molecule has 1 aliphatic rings. The summed E-state index contributed by atoms with van der Waals surface area (Å²) in [5.74, 6) is 1.29. The highest BCUT2D eigenvalue weighted by molar-refractivity contribution is 7.85. The molecular weight excluding hydrogens is 212 g/mol. The monoisotopic (exact) mass is 232 g/mol. The van der Waals surface area contributed by atoms with Crippen LogP contribution in [-0.4, -0.2) is 28.8 Å². The van der Waals surface area contributed by atoms with Gasteiger partial charge in [-0.1, -0.05) is 13.3 Å². The minimum Gasteiger partial charge on any atom is -0.469 e. The molecule has 0 aliphatic heterocycles. The van der Waals surface area contributed by atoms with E-state index in [4.69, 9.17) is 0 Å². The molecule has 0 bridgehead atoms. The zero-order valence-corrected chi connectivity index (χ0v) is 10.4. The zero-order chi connectivity index (χ0) is 11.3. The Kier molecular flexibility index (Phi) is 4.77. The average molecular weight is 232 g/mol. The first kappa shape index (κ1) is 12.7. The van der Waals surface area contributed by atoms with Crippen LogP contribution in [0.25, 0.3) is 0 Å². The molecule has 4 heteroatoms. The Morgan fingerprint density at radius 1 is 1.47 bits per heavy atom. The number of esters is 1. The van der Waals surface area contributed by atoms with E-state index in [0.717, 1.165) is 31.4 Å². The summed E-state index contributed by atoms with van der Waals surface area (Å²) in [6.07, 6.45) is 4.60. The van der Waals surface area contributed by atoms with Crippen molar-refractivity contribution in [2.75, 3.05) is 18.6 Å². The summed E-state index contributed by atoms with van der Waals surface area (Å²) < 4.78 is 16.3. The maximum atomic E-state index is 11.7. The first-order chi connectivity index (χ1) is 7.12. The second-order valence-electron chi connectivity index (χ2n) is 4.39. The minimum absolute atomic E-state index is 0.0195. The van der Waals surface area contributed by atoms with Gasteiger partial charge < -0.3 is 4.74 Å². The van der Waals surface area contributed by atoms with Crippen molar-refractivity contribution >= 4 is 16.8 Å². The van der Waals surface area contributed by atoms with Crippen LogP contribution in [0, 0.1) is 5.41 Å². The van der Waals surface area contributed by atoms with Gasteiger partial charge in [0.1, 0.15) is 0 Å². The molecule has 0 heterocycles. The van der Waals surface area contributed by atoms with E-state index < -0.39 is 10.8 Å². The standard InChI is InChI=1S/C11H20O3S/c1-3-4-7-15(13)9-11(5-6-11)8-10(12)14-2/h3-9H2,1-2H3. The van der Waals surface area contributed by atoms with E-state index in [1.165, 1.54) is 7.11 Å². The molecule has 88 valence electrons. The van der Waals surface area contributed by atoms with Gasteiger partial charge in [0.15, 0.2) is 0 Å². The average Bonchev–Trinajstić information content (AvgIpc) is 2.94. The van der Waals surface area contributed by atoms with Crippen molar-refractivity contribution < 1.29 is 13.7 Å². The highest BCUT2D eigenvalue weighted by Gasteiger charge is 2.45. The molecule has 0 spiro atoms. The van der Waals surface area contributed by atoms with E-state index in [2.05, 4.69) is 11.7 Å². The molecule has 0 aromatic rings. The Labute approximate surface area is 94.0 Å². The summed E-state index contributed by atoms with van der Waals surface area (Å²) in [6.45, 7) is 2.10. The number of carbonyl (C=O) groups excluding carboxylic acids is 1. The normalized spacial score (nSPS) is 19.6. The molecular formula is C11H20O3S. The molecule has 1 rings (SSSR count). The van der Waals surface area contributed by atoms with Crippen LogP contribution in [0.3, 0.4) is 0 Å². The predicted octanol–water partition coefficient (Wildman–Crippen LogP) is 1.88. The van der Waals surface area contributed by atoms with Crippen LogP contribution in [0.2, 0.25) is 0 Å². The Morgan fingerprint density at radius 3 is 2.60 bits per heavy atom. The predicted molar refractivity (Wildman–Crippen MR) is 61.1 cm³/mol.